The molecule has 0 radical (unpaired) electrons. The van der Waals surface area contributed by atoms with Gasteiger partial charge in [-0.15, -0.1) is 0 Å². The molecule has 1 saturated carbocycles. The predicted octanol–water partition coefficient (Wildman–Crippen LogP) is 1.97. The van der Waals surface area contributed by atoms with Crippen LogP contribution in [0.3, 0.4) is 0 Å². The normalized spacial score (nSPS) is 40.1. The van der Waals surface area contributed by atoms with Gasteiger partial charge in [0.2, 0.25) is 0 Å². The summed E-state index contributed by atoms with van der Waals surface area (Å²) in [5.41, 5.74) is 0. The van der Waals surface area contributed by atoms with E-state index in [2.05, 4.69) is 4.90 Å². The SMILES string of the molecule is FC1CCCC1N1CCCC1. The van der Waals surface area contributed by atoms with Gasteiger partial charge in [0.25, 0.3) is 0 Å². The Balaban J connectivity index is 1.92. The molecule has 1 heterocycles. The van der Waals surface area contributed by atoms with Crippen LogP contribution in [0, 0.1) is 0 Å². The molecule has 2 rings (SSSR count). The first-order valence-electron chi connectivity index (χ1n) is 4.76. The van der Waals surface area contributed by atoms with E-state index in [1.165, 1.54) is 12.8 Å². The van der Waals surface area contributed by atoms with Crippen LogP contribution in [0.25, 0.3) is 0 Å². The summed E-state index contributed by atoms with van der Waals surface area (Å²) in [7, 11) is 0. The highest BCUT2D eigenvalue weighted by Crippen LogP contribution is 2.28. The molecular weight excluding hydrogens is 141 g/mol. The summed E-state index contributed by atoms with van der Waals surface area (Å²) in [4.78, 5) is 2.34. The first-order valence-corrected chi connectivity index (χ1v) is 4.76. The van der Waals surface area contributed by atoms with Gasteiger partial charge in [0.15, 0.2) is 0 Å². The van der Waals surface area contributed by atoms with E-state index in [0.717, 1.165) is 32.4 Å². The monoisotopic (exact) mass is 157 g/mol. The van der Waals surface area contributed by atoms with Crippen LogP contribution in [0.2, 0.25) is 0 Å². The highest BCUT2D eigenvalue weighted by molar-refractivity contribution is 4.87. The molecule has 1 saturated heterocycles. The average molecular weight is 157 g/mol. The third-order valence-electron chi connectivity index (χ3n) is 3.01. The quantitative estimate of drug-likeness (QED) is 0.562. The smallest absolute Gasteiger partial charge is 0.116 e. The molecular formula is C9H16FN. The lowest BCUT2D eigenvalue weighted by atomic mass is 10.2. The van der Waals surface area contributed by atoms with Crippen LogP contribution < -0.4 is 0 Å². The summed E-state index contributed by atoms with van der Waals surface area (Å²) < 4.78 is 13.2. The highest BCUT2D eigenvalue weighted by atomic mass is 19.1. The van der Waals surface area contributed by atoms with Crippen molar-refractivity contribution >= 4 is 0 Å². The van der Waals surface area contributed by atoms with Crippen molar-refractivity contribution in [3.05, 3.63) is 0 Å². The molecule has 2 heteroatoms. The number of alkyl halides is 1. The van der Waals surface area contributed by atoms with Crippen molar-refractivity contribution in [2.24, 2.45) is 0 Å². The van der Waals surface area contributed by atoms with Crippen LogP contribution in [0.15, 0.2) is 0 Å². The molecule has 0 spiro atoms. The molecule has 2 aliphatic rings. The molecule has 2 atom stereocenters. The van der Waals surface area contributed by atoms with Gasteiger partial charge in [0.05, 0.1) is 0 Å². The van der Waals surface area contributed by atoms with Gasteiger partial charge in [0.1, 0.15) is 6.17 Å². The zero-order valence-electron chi connectivity index (χ0n) is 6.93. The molecule has 64 valence electrons. The molecule has 0 amide bonds. The van der Waals surface area contributed by atoms with E-state index in [4.69, 9.17) is 0 Å². The van der Waals surface area contributed by atoms with Crippen LogP contribution in [-0.2, 0) is 0 Å². The molecule has 0 bridgehead atoms. The minimum atomic E-state index is -0.520. The predicted molar refractivity (Wildman–Crippen MR) is 43.3 cm³/mol. The standard InChI is InChI=1S/C9H16FN/c10-8-4-3-5-9(8)11-6-1-2-7-11/h8-9H,1-7H2. The van der Waals surface area contributed by atoms with Gasteiger partial charge in [-0.05, 0) is 45.2 Å². The van der Waals surface area contributed by atoms with Gasteiger partial charge in [-0.1, -0.05) is 0 Å². The Morgan fingerprint density at radius 3 is 2.27 bits per heavy atom. The lowest BCUT2D eigenvalue weighted by molar-refractivity contribution is 0.158. The first kappa shape index (κ1) is 7.53. The Morgan fingerprint density at radius 2 is 1.73 bits per heavy atom. The summed E-state index contributed by atoms with van der Waals surface area (Å²) in [5.74, 6) is 0. The molecule has 0 N–H and O–H groups in total. The molecule has 2 fully saturated rings. The molecule has 2 unspecified atom stereocenters. The van der Waals surface area contributed by atoms with Crippen molar-refractivity contribution in [2.45, 2.75) is 44.3 Å². The van der Waals surface area contributed by atoms with Gasteiger partial charge in [-0.3, -0.25) is 4.90 Å². The summed E-state index contributed by atoms with van der Waals surface area (Å²) in [6.45, 7) is 2.29. The number of nitrogens with zero attached hydrogens (tertiary/aromatic N) is 1. The van der Waals surface area contributed by atoms with E-state index in [9.17, 15) is 4.39 Å². The fourth-order valence-corrected chi connectivity index (χ4v) is 2.38. The van der Waals surface area contributed by atoms with E-state index in [1.54, 1.807) is 0 Å². The van der Waals surface area contributed by atoms with Crippen LogP contribution in [0.4, 0.5) is 4.39 Å². The largest absolute Gasteiger partial charge is 0.297 e. The van der Waals surface area contributed by atoms with E-state index in [1.807, 2.05) is 0 Å². The van der Waals surface area contributed by atoms with Gasteiger partial charge >= 0.3 is 0 Å². The Labute approximate surface area is 67.6 Å². The van der Waals surface area contributed by atoms with Gasteiger partial charge < -0.3 is 0 Å². The maximum Gasteiger partial charge on any atom is 0.116 e. The average Bonchev–Trinajstić information content (AvgIpc) is 2.55. The second-order valence-electron chi connectivity index (χ2n) is 3.76. The van der Waals surface area contributed by atoms with E-state index >= 15 is 0 Å². The molecule has 0 aromatic carbocycles. The lowest BCUT2D eigenvalue weighted by Crippen LogP contribution is -2.36. The minimum absolute atomic E-state index is 0.289. The zero-order valence-corrected chi connectivity index (χ0v) is 6.93. The molecule has 11 heavy (non-hydrogen) atoms. The summed E-state index contributed by atoms with van der Waals surface area (Å²) in [6, 6.07) is 0.289. The summed E-state index contributed by atoms with van der Waals surface area (Å²) in [5, 5.41) is 0. The van der Waals surface area contributed by atoms with Crippen LogP contribution in [-0.4, -0.2) is 30.2 Å². The fraction of sp³-hybridized carbons (Fsp3) is 1.00. The number of hydrogen-bond acceptors (Lipinski definition) is 1. The van der Waals surface area contributed by atoms with Crippen molar-refractivity contribution in [1.82, 2.24) is 4.90 Å². The zero-order chi connectivity index (χ0) is 7.68. The Kier molecular flexibility index (Phi) is 2.12. The first-order chi connectivity index (χ1) is 5.38. The second-order valence-corrected chi connectivity index (χ2v) is 3.76. The third-order valence-corrected chi connectivity index (χ3v) is 3.01. The Hall–Kier alpha value is -0.110. The van der Waals surface area contributed by atoms with Gasteiger partial charge in [-0.25, -0.2) is 4.39 Å². The maximum atomic E-state index is 13.2. The van der Waals surface area contributed by atoms with Crippen LogP contribution in [0.5, 0.6) is 0 Å². The maximum absolute atomic E-state index is 13.2. The Morgan fingerprint density at radius 1 is 1.00 bits per heavy atom. The van der Waals surface area contributed by atoms with E-state index in [0.29, 0.717) is 0 Å². The lowest BCUT2D eigenvalue weighted by Gasteiger charge is -2.24. The van der Waals surface area contributed by atoms with Gasteiger partial charge in [0, 0.05) is 6.04 Å². The molecule has 0 aromatic heterocycles. The summed E-state index contributed by atoms with van der Waals surface area (Å²) >= 11 is 0. The van der Waals surface area contributed by atoms with E-state index in [-0.39, 0.29) is 6.04 Å². The number of hydrogen-bond donors (Lipinski definition) is 0. The van der Waals surface area contributed by atoms with Crippen LogP contribution >= 0.6 is 0 Å². The minimum Gasteiger partial charge on any atom is -0.297 e. The van der Waals surface area contributed by atoms with Crippen molar-refractivity contribution in [3.8, 4) is 0 Å². The topological polar surface area (TPSA) is 3.24 Å². The second kappa shape index (κ2) is 3.10. The Bertz CT molecular complexity index is 132. The van der Waals surface area contributed by atoms with Crippen LogP contribution in [0.1, 0.15) is 32.1 Å². The fourth-order valence-electron chi connectivity index (χ4n) is 2.38. The van der Waals surface area contributed by atoms with Crippen molar-refractivity contribution in [2.75, 3.05) is 13.1 Å². The molecule has 1 aliphatic heterocycles. The van der Waals surface area contributed by atoms with Crippen molar-refractivity contribution in [1.29, 1.82) is 0 Å². The van der Waals surface area contributed by atoms with Crippen molar-refractivity contribution < 1.29 is 4.39 Å². The third kappa shape index (κ3) is 1.41. The number of likely N-dealkylation sites (tertiary alicyclic amines) is 1. The highest BCUT2D eigenvalue weighted by Gasteiger charge is 2.32. The van der Waals surface area contributed by atoms with Gasteiger partial charge in [-0.2, -0.15) is 0 Å². The van der Waals surface area contributed by atoms with Crippen molar-refractivity contribution in [3.63, 3.8) is 0 Å². The molecule has 1 aliphatic carbocycles. The molecule has 1 nitrogen and oxygen atoms in total. The number of rotatable bonds is 1. The van der Waals surface area contributed by atoms with E-state index < -0.39 is 6.17 Å². The number of halogens is 1. The summed E-state index contributed by atoms with van der Waals surface area (Å²) in [6.07, 6.45) is 5.05. The molecule has 0 aromatic rings.